The SMILES string of the molecule is CC#CCn1c(N2CCC[C@@H](NC(=O)OC(C)(C)C)C2)nc2c1c(=O)n(Cc1nc(NCCCCCCCn3cc(CN(CC(O)C(O)[C@@H]4OC(c5ccccc5)OC[C@H]4O)CC(O)C(O)[C@@H]4OC(c5ccccc5)OC[C@H]4O)nn3)ccc1C(=O)O)c(=O)n2C. The number of aliphatic hydroxyl groups is 6. The number of carbonyl (C=O) groups is 2. The topological polar surface area (TPSA) is 358 Å². The van der Waals surface area contributed by atoms with Crippen LogP contribution in [0.1, 0.15) is 118 Å². The van der Waals surface area contributed by atoms with Crippen LogP contribution in [0.5, 0.6) is 0 Å². The van der Waals surface area contributed by atoms with Crippen molar-refractivity contribution in [3.63, 3.8) is 0 Å². The Hall–Kier alpha value is -7.66. The average molecular weight is 1270 g/mol. The fourth-order valence-corrected chi connectivity index (χ4v) is 11.4. The zero-order valence-corrected chi connectivity index (χ0v) is 51.9. The van der Waals surface area contributed by atoms with Crippen molar-refractivity contribution in [3.8, 4) is 11.8 Å². The molecule has 3 fully saturated rings. The van der Waals surface area contributed by atoms with Crippen LogP contribution in [-0.2, 0) is 56.9 Å². The molecule has 6 aromatic rings. The number of anilines is 2. The number of aliphatic hydroxyl groups excluding tert-OH is 6. The van der Waals surface area contributed by atoms with Crippen molar-refractivity contribution in [3.05, 3.63) is 128 Å². The van der Waals surface area contributed by atoms with Gasteiger partial charge in [0.15, 0.2) is 23.7 Å². The number of aryl methyl sites for hydroxylation is 2. The Balaban J connectivity index is 0.791. The summed E-state index contributed by atoms with van der Waals surface area (Å²) in [6, 6.07) is 20.6. The molecule has 0 spiro atoms. The quantitative estimate of drug-likeness (QED) is 0.0264. The summed E-state index contributed by atoms with van der Waals surface area (Å²) in [6.45, 7) is 7.67. The summed E-state index contributed by atoms with van der Waals surface area (Å²) < 4.78 is 34.4. The molecule has 492 valence electrons. The van der Waals surface area contributed by atoms with E-state index >= 15 is 0 Å². The van der Waals surface area contributed by atoms with E-state index in [0.29, 0.717) is 67.6 Å². The molecule has 9 N–H and O–H groups in total. The first kappa shape index (κ1) is 67.7. The predicted octanol–water partition coefficient (Wildman–Crippen LogP) is 2.40. The number of pyridine rings is 1. The van der Waals surface area contributed by atoms with Gasteiger partial charge in [-0.25, -0.2) is 19.4 Å². The minimum atomic E-state index is -1.62. The van der Waals surface area contributed by atoms with Crippen LogP contribution >= 0.6 is 0 Å². The van der Waals surface area contributed by atoms with Crippen molar-refractivity contribution in [2.24, 2.45) is 7.05 Å². The molecule has 2 aromatic carbocycles. The van der Waals surface area contributed by atoms with Crippen molar-refractivity contribution in [2.45, 2.75) is 172 Å². The van der Waals surface area contributed by atoms with Crippen LogP contribution in [0.4, 0.5) is 16.6 Å². The normalized spacial score (nSPS) is 21.8. The lowest BCUT2D eigenvalue weighted by atomic mass is 9.99. The lowest BCUT2D eigenvalue weighted by molar-refractivity contribution is -0.285. The highest BCUT2D eigenvalue weighted by Gasteiger charge is 2.43. The highest BCUT2D eigenvalue weighted by Crippen LogP contribution is 2.32. The predicted molar refractivity (Wildman–Crippen MR) is 331 cm³/mol. The maximum atomic E-state index is 14.5. The average Bonchev–Trinajstić information content (AvgIpc) is 1.64. The van der Waals surface area contributed by atoms with Crippen molar-refractivity contribution >= 4 is 35.0 Å². The van der Waals surface area contributed by atoms with E-state index in [9.17, 15) is 54.9 Å². The third-order valence-electron chi connectivity index (χ3n) is 16.1. The summed E-state index contributed by atoms with van der Waals surface area (Å²) in [5.74, 6) is 5.36. The van der Waals surface area contributed by atoms with Gasteiger partial charge >= 0.3 is 17.8 Å². The molecule has 91 heavy (non-hydrogen) atoms. The van der Waals surface area contributed by atoms with Crippen molar-refractivity contribution in [1.82, 2.24) is 48.9 Å². The second-order valence-electron chi connectivity index (χ2n) is 24.2. The molecule has 3 aliphatic heterocycles. The Morgan fingerprint density at radius 2 is 1.44 bits per heavy atom. The summed E-state index contributed by atoms with van der Waals surface area (Å²) in [4.78, 5) is 66.7. The first-order valence-corrected chi connectivity index (χ1v) is 30.8. The monoisotopic (exact) mass is 1260 g/mol. The number of piperidine rings is 1. The van der Waals surface area contributed by atoms with E-state index in [0.717, 1.165) is 36.7 Å². The summed E-state index contributed by atoms with van der Waals surface area (Å²) >= 11 is 0. The molecule has 7 heterocycles. The Morgan fingerprint density at radius 3 is 2.04 bits per heavy atom. The van der Waals surface area contributed by atoms with E-state index in [-0.39, 0.29) is 67.9 Å². The van der Waals surface area contributed by atoms with Crippen molar-refractivity contribution in [2.75, 3.05) is 56.2 Å². The van der Waals surface area contributed by atoms with Gasteiger partial charge in [0.1, 0.15) is 48.0 Å². The van der Waals surface area contributed by atoms with Crippen LogP contribution in [0.25, 0.3) is 11.2 Å². The number of ether oxygens (including phenoxy) is 5. The number of aromatic nitrogens is 8. The molecule has 0 saturated carbocycles. The minimum absolute atomic E-state index is 0.00181. The van der Waals surface area contributed by atoms with E-state index in [1.807, 2.05) is 17.0 Å². The van der Waals surface area contributed by atoms with E-state index in [1.54, 1.807) is 96.6 Å². The molecule has 0 bridgehead atoms. The van der Waals surface area contributed by atoms with Gasteiger partial charge in [0.2, 0.25) is 5.95 Å². The standard InChI is InChI=1S/C63H84N12O16/c1-6-7-30-74-50-55(67-60(74)72-28-19-24-41(32-72)65-61(85)91-63(2,3)4)70(5)62(86)75(56(50)82)34-44-43(57(83)84)25-26-49(66-44)64-27-17-9-8-10-18-29-73-33-42(68-69-73)31-71(35-45(76)51(80)53-47(78)37-87-58(89-53)39-20-13-11-14-21-39)36-46(77)52(81)54-48(79)38-88-59(90-54)40-22-15-12-16-23-40/h11-16,20-23,25-26,33,41,45-48,51-54,58-59,76-81H,8-10,17-19,24,27-32,34-38H2,1-5H3,(H,64,66)(H,65,85)(H,83,84)/t41-,45?,46?,47-,48-,51?,52?,53-,54-,58?,59?/m1/s1. The molecule has 3 saturated heterocycles. The molecule has 3 aliphatic rings. The summed E-state index contributed by atoms with van der Waals surface area (Å²) in [7, 11) is 1.49. The first-order chi connectivity index (χ1) is 43.7. The maximum Gasteiger partial charge on any atom is 0.407 e. The largest absolute Gasteiger partial charge is 0.478 e. The van der Waals surface area contributed by atoms with Crippen LogP contribution in [0.2, 0.25) is 0 Å². The fraction of sp³-hybridized carbons (Fsp3) is 0.556. The number of benzene rings is 2. The number of nitrogens with zero attached hydrogens (tertiary/aromatic N) is 10. The number of aromatic carboxylic acids is 1. The third kappa shape index (κ3) is 17.5. The van der Waals surface area contributed by atoms with Crippen LogP contribution < -0.4 is 26.8 Å². The van der Waals surface area contributed by atoms with Gasteiger partial charge in [0, 0.05) is 76.2 Å². The highest BCUT2D eigenvalue weighted by atomic mass is 16.7. The Labute approximate surface area is 525 Å². The number of carbonyl (C=O) groups excluding carboxylic acids is 1. The smallest absolute Gasteiger partial charge is 0.407 e. The Kier molecular flexibility index (Phi) is 23.1. The van der Waals surface area contributed by atoms with Gasteiger partial charge in [-0.3, -0.25) is 28.1 Å². The molecular weight excluding hydrogens is 1180 g/mol. The van der Waals surface area contributed by atoms with Crippen LogP contribution in [0.3, 0.4) is 0 Å². The van der Waals surface area contributed by atoms with Crippen molar-refractivity contribution in [1.29, 1.82) is 0 Å². The molecule has 28 heteroatoms. The number of carboxylic acid groups (broad SMARTS) is 1. The van der Waals surface area contributed by atoms with Gasteiger partial charge in [-0.15, -0.1) is 11.0 Å². The number of nitrogens with one attached hydrogen (secondary N) is 2. The van der Waals surface area contributed by atoms with Crippen LogP contribution in [0.15, 0.2) is 88.6 Å². The lowest BCUT2D eigenvalue weighted by Crippen LogP contribution is -2.56. The second-order valence-corrected chi connectivity index (χ2v) is 24.2. The maximum absolute atomic E-state index is 14.5. The number of hydrogen-bond donors (Lipinski definition) is 9. The molecule has 28 nitrogen and oxygen atoms in total. The number of hydrogen-bond acceptors (Lipinski definition) is 22. The van der Waals surface area contributed by atoms with Gasteiger partial charge in [-0.05, 0) is 65.5 Å². The zero-order valence-electron chi connectivity index (χ0n) is 51.9. The summed E-state index contributed by atoms with van der Waals surface area (Å²) in [5.41, 5.74) is -0.291. The number of carboxylic acids is 1. The van der Waals surface area contributed by atoms with Gasteiger partial charge in [0.25, 0.3) is 5.56 Å². The molecule has 9 rings (SSSR count). The molecule has 11 atom stereocenters. The molecule has 6 unspecified atom stereocenters. The number of amides is 1. The van der Waals surface area contributed by atoms with Crippen molar-refractivity contribution < 1.29 is 69.0 Å². The molecule has 0 aliphatic carbocycles. The van der Waals surface area contributed by atoms with Gasteiger partial charge in [-0.2, -0.15) is 4.98 Å². The number of imidazole rings is 1. The Morgan fingerprint density at radius 1 is 0.824 bits per heavy atom. The van der Waals surface area contributed by atoms with E-state index in [4.69, 9.17) is 28.7 Å². The zero-order chi connectivity index (χ0) is 64.9. The highest BCUT2D eigenvalue weighted by molar-refractivity contribution is 5.89. The van der Waals surface area contributed by atoms with E-state index in [2.05, 4.69) is 37.8 Å². The molecule has 0 radical (unpaired) electrons. The van der Waals surface area contributed by atoms with Gasteiger partial charge in [-0.1, -0.05) is 91.1 Å². The Bertz CT molecular complexity index is 3490. The summed E-state index contributed by atoms with van der Waals surface area (Å²) in [5, 5.41) is 92.9. The van der Waals surface area contributed by atoms with E-state index < -0.39 is 96.9 Å². The molecule has 4 aromatic heterocycles. The lowest BCUT2D eigenvalue weighted by Gasteiger charge is -2.40. The minimum Gasteiger partial charge on any atom is -0.478 e. The molecular formula is C63H84N12O16. The summed E-state index contributed by atoms with van der Waals surface area (Å²) in [6.07, 6.45) is -6.62. The number of rotatable bonds is 27. The molecule has 1 amide bonds. The van der Waals surface area contributed by atoms with Crippen LogP contribution in [-0.4, -0.2) is 198 Å². The number of unbranched alkanes of at least 4 members (excludes halogenated alkanes) is 4. The number of fused-ring (bicyclic) bond motifs is 1. The van der Waals surface area contributed by atoms with Gasteiger partial charge < -0.3 is 75.0 Å². The third-order valence-corrected chi connectivity index (χ3v) is 16.1. The van der Waals surface area contributed by atoms with Gasteiger partial charge in [0.05, 0.1) is 55.5 Å². The first-order valence-electron chi connectivity index (χ1n) is 30.8. The number of alkyl carbamates (subject to hydrolysis) is 1. The second kappa shape index (κ2) is 31.1. The fourth-order valence-electron chi connectivity index (χ4n) is 11.4. The van der Waals surface area contributed by atoms with E-state index in [1.165, 1.54) is 23.7 Å². The van der Waals surface area contributed by atoms with Crippen LogP contribution in [0, 0.1) is 11.8 Å².